The highest BCUT2D eigenvalue weighted by molar-refractivity contribution is 6.30. The fraction of sp³-hybridized carbons (Fsp3) is 0.125. The molecule has 1 aromatic heterocycles. The Hall–Kier alpha value is -3.04. The van der Waals surface area contributed by atoms with Gasteiger partial charge in [0, 0.05) is 41.0 Å². The molecule has 0 radical (unpaired) electrons. The second-order valence-corrected chi connectivity index (χ2v) is 7.43. The Kier molecular flexibility index (Phi) is 5.18. The molecule has 0 aliphatic heterocycles. The molecule has 0 spiro atoms. The normalized spacial score (nSPS) is 12.2. The number of nitrogens with two attached hydrogens (primary N) is 1. The topological polar surface area (TPSA) is 48.0 Å². The molecule has 140 valence electrons. The predicted octanol–water partition coefficient (Wildman–Crippen LogP) is 5.35. The van der Waals surface area contributed by atoms with E-state index in [9.17, 15) is 4.79 Å². The number of nitrogens with zero attached hydrogens (tertiary/aromatic N) is 1. The van der Waals surface area contributed by atoms with E-state index in [4.69, 9.17) is 17.3 Å². The maximum atomic E-state index is 11.9. The number of amides is 1. The fourth-order valence-corrected chi connectivity index (χ4v) is 3.99. The Balaban J connectivity index is 1.84. The van der Waals surface area contributed by atoms with Crippen LogP contribution in [0.25, 0.3) is 10.9 Å². The molecule has 0 saturated heterocycles. The van der Waals surface area contributed by atoms with Crippen molar-refractivity contribution >= 4 is 28.4 Å². The molecule has 2 N–H and O–H groups in total. The predicted molar refractivity (Wildman–Crippen MR) is 115 cm³/mol. The van der Waals surface area contributed by atoms with Gasteiger partial charge in [0.25, 0.3) is 0 Å². The van der Waals surface area contributed by atoms with Crippen LogP contribution < -0.4 is 5.73 Å². The summed E-state index contributed by atoms with van der Waals surface area (Å²) in [6.07, 6.45) is 2.38. The Morgan fingerprint density at radius 3 is 2.46 bits per heavy atom. The molecule has 0 fully saturated rings. The maximum Gasteiger partial charge on any atom is 0.218 e. The Morgan fingerprint density at radius 1 is 0.964 bits per heavy atom. The van der Waals surface area contributed by atoms with Crippen molar-refractivity contribution in [2.45, 2.75) is 18.9 Å². The van der Waals surface area contributed by atoms with Crippen LogP contribution in [0.1, 0.15) is 29.0 Å². The number of hydrogen-bond acceptors (Lipinski definition) is 1. The van der Waals surface area contributed by atoms with E-state index in [1.807, 2.05) is 54.6 Å². The van der Waals surface area contributed by atoms with Crippen LogP contribution in [-0.4, -0.2) is 10.5 Å². The standard InChI is InChI=1S/C24H21ClN2O/c25-19-10-6-9-18(13-19)21(14-24(26)28)22-16-27(15-17-7-2-1-3-8-17)23-12-5-4-11-20(22)23/h1-13,16,21H,14-15H2,(H2,26,28). The van der Waals surface area contributed by atoms with Crippen molar-refractivity contribution in [3.63, 3.8) is 0 Å². The minimum absolute atomic E-state index is 0.141. The Morgan fingerprint density at radius 2 is 1.71 bits per heavy atom. The van der Waals surface area contributed by atoms with E-state index in [1.165, 1.54) is 5.56 Å². The van der Waals surface area contributed by atoms with Crippen molar-refractivity contribution in [1.82, 2.24) is 4.57 Å². The molecule has 0 aliphatic carbocycles. The zero-order valence-corrected chi connectivity index (χ0v) is 16.1. The maximum absolute atomic E-state index is 11.9. The summed E-state index contributed by atoms with van der Waals surface area (Å²) in [7, 11) is 0. The van der Waals surface area contributed by atoms with Crippen LogP contribution in [0.4, 0.5) is 0 Å². The smallest absolute Gasteiger partial charge is 0.218 e. The first kappa shape index (κ1) is 18.3. The first-order valence-electron chi connectivity index (χ1n) is 9.27. The third-order valence-electron chi connectivity index (χ3n) is 5.05. The minimum atomic E-state index is -0.329. The van der Waals surface area contributed by atoms with Gasteiger partial charge in [-0.2, -0.15) is 0 Å². The van der Waals surface area contributed by atoms with E-state index in [2.05, 4.69) is 35.0 Å². The van der Waals surface area contributed by atoms with Crippen LogP contribution in [0.2, 0.25) is 5.02 Å². The van der Waals surface area contributed by atoms with E-state index >= 15 is 0 Å². The highest BCUT2D eigenvalue weighted by atomic mass is 35.5. The van der Waals surface area contributed by atoms with Gasteiger partial charge < -0.3 is 10.3 Å². The van der Waals surface area contributed by atoms with Gasteiger partial charge in [0.2, 0.25) is 5.91 Å². The molecule has 3 aromatic carbocycles. The van der Waals surface area contributed by atoms with Gasteiger partial charge in [0.1, 0.15) is 0 Å². The Bertz CT molecular complexity index is 1120. The second-order valence-electron chi connectivity index (χ2n) is 6.99. The zero-order chi connectivity index (χ0) is 19.5. The van der Waals surface area contributed by atoms with E-state index in [0.29, 0.717) is 5.02 Å². The monoisotopic (exact) mass is 388 g/mol. The van der Waals surface area contributed by atoms with Crippen molar-refractivity contribution < 1.29 is 4.79 Å². The van der Waals surface area contributed by atoms with Crippen LogP contribution in [0.15, 0.2) is 85.1 Å². The third kappa shape index (κ3) is 3.80. The van der Waals surface area contributed by atoms with Gasteiger partial charge in [-0.3, -0.25) is 4.79 Å². The lowest BCUT2D eigenvalue weighted by Crippen LogP contribution is -2.16. The molecular weight excluding hydrogens is 368 g/mol. The van der Waals surface area contributed by atoms with Gasteiger partial charge in [-0.1, -0.05) is 72.3 Å². The summed E-state index contributed by atoms with van der Waals surface area (Å²) in [5.41, 5.74) is 10.0. The van der Waals surface area contributed by atoms with Gasteiger partial charge >= 0.3 is 0 Å². The van der Waals surface area contributed by atoms with Crippen molar-refractivity contribution in [1.29, 1.82) is 0 Å². The fourth-order valence-electron chi connectivity index (χ4n) is 3.80. The quantitative estimate of drug-likeness (QED) is 0.475. The van der Waals surface area contributed by atoms with Crippen molar-refractivity contribution in [3.05, 3.63) is 107 Å². The van der Waals surface area contributed by atoms with Gasteiger partial charge in [-0.25, -0.2) is 0 Å². The molecule has 0 aliphatic rings. The van der Waals surface area contributed by atoms with E-state index < -0.39 is 0 Å². The van der Waals surface area contributed by atoms with E-state index in [1.54, 1.807) is 0 Å². The molecule has 1 amide bonds. The van der Waals surface area contributed by atoms with Crippen molar-refractivity contribution in [2.75, 3.05) is 0 Å². The SMILES string of the molecule is NC(=O)CC(c1cccc(Cl)c1)c1cn(Cc2ccccc2)c2ccccc12. The average Bonchev–Trinajstić information content (AvgIpc) is 3.05. The van der Waals surface area contributed by atoms with Gasteiger partial charge in [0.05, 0.1) is 0 Å². The van der Waals surface area contributed by atoms with Crippen LogP contribution >= 0.6 is 11.6 Å². The van der Waals surface area contributed by atoms with Crippen LogP contribution in [-0.2, 0) is 11.3 Å². The number of primary amides is 1. The molecule has 1 unspecified atom stereocenters. The number of para-hydroxylation sites is 1. The lowest BCUT2D eigenvalue weighted by molar-refractivity contribution is -0.118. The summed E-state index contributed by atoms with van der Waals surface area (Å²) < 4.78 is 2.23. The summed E-state index contributed by atoms with van der Waals surface area (Å²) in [6, 6.07) is 26.3. The van der Waals surface area contributed by atoms with Crippen molar-refractivity contribution in [2.24, 2.45) is 5.73 Å². The molecule has 28 heavy (non-hydrogen) atoms. The molecule has 4 heteroatoms. The molecule has 0 saturated carbocycles. The van der Waals surface area contributed by atoms with Gasteiger partial charge in [-0.15, -0.1) is 0 Å². The lowest BCUT2D eigenvalue weighted by Gasteiger charge is -2.16. The zero-order valence-electron chi connectivity index (χ0n) is 15.4. The van der Waals surface area contributed by atoms with E-state index in [-0.39, 0.29) is 18.2 Å². The molecular formula is C24H21ClN2O. The second kappa shape index (κ2) is 7.91. The first-order valence-corrected chi connectivity index (χ1v) is 9.65. The molecule has 4 rings (SSSR count). The summed E-state index contributed by atoms with van der Waals surface area (Å²) >= 11 is 6.22. The molecule has 0 bridgehead atoms. The average molecular weight is 389 g/mol. The Labute approximate surface area is 169 Å². The number of hydrogen-bond donors (Lipinski definition) is 1. The van der Waals surface area contributed by atoms with Crippen molar-refractivity contribution in [3.8, 4) is 0 Å². The number of carbonyl (C=O) groups is 1. The number of carbonyl (C=O) groups excluding carboxylic acids is 1. The molecule has 3 nitrogen and oxygen atoms in total. The largest absolute Gasteiger partial charge is 0.370 e. The summed E-state index contributed by atoms with van der Waals surface area (Å²) in [4.78, 5) is 11.9. The third-order valence-corrected chi connectivity index (χ3v) is 5.28. The minimum Gasteiger partial charge on any atom is -0.370 e. The van der Waals surface area contributed by atoms with Crippen LogP contribution in [0, 0.1) is 0 Å². The summed E-state index contributed by atoms with van der Waals surface area (Å²) in [5, 5.41) is 1.78. The number of fused-ring (bicyclic) bond motifs is 1. The van der Waals surface area contributed by atoms with Crippen LogP contribution in [0.3, 0.4) is 0 Å². The molecule has 1 atom stereocenters. The van der Waals surface area contributed by atoms with Gasteiger partial charge in [0.15, 0.2) is 0 Å². The number of benzene rings is 3. The summed E-state index contributed by atoms with van der Waals surface area (Å²) in [6.45, 7) is 0.764. The lowest BCUT2D eigenvalue weighted by atomic mass is 9.88. The van der Waals surface area contributed by atoms with Crippen LogP contribution in [0.5, 0.6) is 0 Å². The first-order chi connectivity index (χ1) is 13.6. The highest BCUT2D eigenvalue weighted by Crippen LogP contribution is 2.35. The molecule has 4 aromatic rings. The number of halogens is 1. The number of rotatable bonds is 6. The number of aromatic nitrogens is 1. The summed E-state index contributed by atoms with van der Waals surface area (Å²) in [5.74, 6) is -0.469. The molecule has 1 heterocycles. The highest BCUT2D eigenvalue weighted by Gasteiger charge is 2.22. The van der Waals surface area contributed by atoms with Gasteiger partial charge in [-0.05, 0) is 34.9 Å². The van der Waals surface area contributed by atoms with E-state index in [0.717, 1.165) is 28.6 Å².